The van der Waals surface area contributed by atoms with Gasteiger partial charge in [0.15, 0.2) is 0 Å². The number of hydrogen-bond acceptors (Lipinski definition) is 3. The largest absolute Gasteiger partial charge is 0.300 e. The van der Waals surface area contributed by atoms with E-state index in [4.69, 9.17) is 5.14 Å². The molecule has 2 unspecified atom stereocenters. The molecule has 4 nitrogen and oxygen atoms in total. The van der Waals surface area contributed by atoms with Crippen molar-refractivity contribution in [2.24, 2.45) is 11.1 Å². The fourth-order valence-corrected chi connectivity index (χ4v) is 4.03. The SMILES string of the molecule is CCN1CC2CC[C@@H](S(N)(=O)=O)CC1C2. The van der Waals surface area contributed by atoms with Crippen LogP contribution in [0.3, 0.4) is 0 Å². The summed E-state index contributed by atoms with van der Waals surface area (Å²) in [5.74, 6) is 0.696. The lowest BCUT2D eigenvalue weighted by Gasteiger charge is -2.27. The number of sulfonamides is 1. The third kappa shape index (κ3) is 2.34. The minimum atomic E-state index is -3.33. The number of primary sulfonamides is 1. The van der Waals surface area contributed by atoms with Crippen molar-refractivity contribution >= 4 is 10.0 Å². The number of hydrogen-bond donors (Lipinski definition) is 1. The van der Waals surface area contributed by atoms with Crippen LogP contribution >= 0.6 is 0 Å². The second kappa shape index (κ2) is 4.03. The maximum absolute atomic E-state index is 11.4. The molecule has 2 rings (SSSR count). The average Bonchev–Trinajstić information content (AvgIpc) is 2.36. The Hall–Kier alpha value is -0.130. The van der Waals surface area contributed by atoms with Crippen molar-refractivity contribution < 1.29 is 8.42 Å². The molecule has 88 valence electrons. The van der Waals surface area contributed by atoms with Crippen LogP contribution in [0.1, 0.15) is 32.6 Å². The van der Waals surface area contributed by atoms with Crippen molar-refractivity contribution in [1.29, 1.82) is 0 Å². The molecule has 2 bridgehead atoms. The Labute approximate surface area is 91.9 Å². The Kier molecular flexibility index (Phi) is 3.05. The summed E-state index contributed by atoms with van der Waals surface area (Å²) in [6, 6.07) is 0.450. The Morgan fingerprint density at radius 1 is 1.33 bits per heavy atom. The zero-order valence-corrected chi connectivity index (χ0v) is 10.0. The minimum absolute atomic E-state index is 0.304. The van der Waals surface area contributed by atoms with E-state index in [0.717, 1.165) is 32.4 Å². The van der Waals surface area contributed by atoms with E-state index >= 15 is 0 Å². The lowest BCUT2D eigenvalue weighted by molar-refractivity contribution is 0.240. The Morgan fingerprint density at radius 3 is 2.67 bits per heavy atom. The molecule has 0 amide bonds. The topological polar surface area (TPSA) is 63.4 Å². The molecule has 1 aliphatic heterocycles. The maximum atomic E-state index is 11.4. The van der Waals surface area contributed by atoms with Gasteiger partial charge in [-0.3, -0.25) is 0 Å². The fraction of sp³-hybridized carbons (Fsp3) is 1.00. The quantitative estimate of drug-likeness (QED) is 0.755. The Bertz CT molecular complexity index is 328. The van der Waals surface area contributed by atoms with Gasteiger partial charge in [0.25, 0.3) is 0 Å². The summed E-state index contributed by atoms with van der Waals surface area (Å²) < 4.78 is 22.7. The molecule has 2 N–H and O–H groups in total. The van der Waals surface area contributed by atoms with Crippen molar-refractivity contribution in [3.8, 4) is 0 Å². The van der Waals surface area contributed by atoms with Crippen LogP contribution in [0.2, 0.25) is 0 Å². The minimum Gasteiger partial charge on any atom is -0.300 e. The number of rotatable bonds is 2. The van der Waals surface area contributed by atoms with Gasteiger partial charge in [-0.1, -0.05) is 6.92 Å². The molecule has 0 aromatic heterocycles. The van der Waals surface area contributed by atoms with Crippen molar-refractivity contribution in [3.05, 3.63) is 0 Å². The Balaban J connectivity index is 2.11. The first-order chi connectivity index (χ1) is 7.00. The zero-order valence-electron chi connectivity index (χ0n) is 9.22. The van der Waals surface area contributed by atoms with Crippen LogP contribution in [0.25, 0.3) is 0 Å². The second-order valence-electron chi connectivity index (χ2n) is 4.87. The summed E-state index contributed by atoms with van der Waals surface area (Å²) in [6.45, 7) is 4.32. The molecule has 3 atom stereocenters. The number of likely N-dealkylation sites (tertiary alicyclic amines) is 1. The van der Waals surface area contributed by atoms with E-state index in [1.807, 2.05) is 0 Å². The van der Waals surface area contributed by atoms with Gasteiger partial charge in [0.1, 0.15) is 0 Å². The fourth-order valence-electron chi connectivity index (χ4n) is 3.07. The van der Waals surface area contributed by atoms with Gasteiger partial charge in [0.2, 0.25) is 10.0 Å². The molecule has 0 aromatic carbocycles. The number of nitrogens with two attached hydrogens (primary N) is 1. The highest BCUT2D eigenvalue weighted by Gasteiger charge is 2.38. The highest BCUT2D eigenvalue weighted by molar-refractivity contribution is 7.89. The first-order valence-electron chi connectivity index (χ1n) is 5.76. The predicted octanol–water partition coefficient (Wildman–Crippen LogP) is 0.538. The molecule has 0 radical (unpaired) electrons. The first-order valence-corrected chi connectivity index (χ1v) is 7.37. The van der Waals surface area contributed by atoms with Crippen LogP contribution in [0.4, 0.5) is 0 Å². The summed E-state index contributed by atoms with van der Waals surface area (Å²) in [4.78, 5) is 2.40. The highest BCUT2D eigenvalue weighted by atomic mass is 32.2. The van der Waals surface area contributed by atoms with Gasteiger partial charge >= 0.3 is 0 Å². The molecule has 1 aliphatic carbocycles. The normalized spacial score (nSPS) is 37.9. The van der Waals surface area contributed by atoms with Crippen LogP contribution in [0.15, 0.2) is 0 Å². The highest BCUT2D eigenvalue weighted by Crippen LogP contribution is 2.35. The smallest absolute Gasteiger partial charge is 0.212 e. The molecule has 1 saturated carbocycles. The van der Waals surface area contributed by atoms with E-state index in [1.165, 1.54) is 6.42 Å². The standard InChI is InChI=1S/C10H20N2O2S/c1-2-12-7-8-3-4-10(15(11,13)14)6-9(12)5-8/h8-10H,2-7H2,1H3,(H2,11,13,14)/t8?,9?,10-/m1/s1. The lowest BCUT2D eigenvalue weighted by Crippen LogP contribution is -2.38. The molecule has 0 aromatic rings. The molecule has 0 spiro atoms. The van der Waals surface area contributed by atoms with Crippen LogP contribution in [-0.2, 0) is 10.0 Å². The molecule has 15 heavy (non-hydrogen) atoms. The van der Waals surface area contributed by atoms with Crippen molar-refractivity contribution in [2.75, 3.05) is 13.1 Å². The summed E-state index contributed by atoms with van der Waals surface area (Å²) in [6.07, 6.45) is 3.69. The maximum Gasteiger partial charge on any atom is 0.212 e. The van der Waals surface area contributed by atoms with E-state index in [2.05, 4.69) is 11.8 Å². The average molecular weight is 232 g/mol. The number of nitrogens with zero attached hydrogens (tertiary/aromatic N) is 1. The molecular weight excluding hydrogens is 212 g/mol. The van der Waals surface area contributed by atoms with Gasteiger partial charge in [0.05, 0.1) is 5.25 Å². The van der Waals surface area contributed by atoms with Gasteiger partial charge in [0, 0.05) is 12.6 Å². The monoisotopic (exact) mass is 232 g/mol. The Morgan fingerprint density at radius 2 is 2.07 bits per heavy atom. The molecule has 2 aliphatic rings. The molecule has 1 saturated heterocycles. The summed E-state index contributed by atoms with van der Waals surface area (Å²) in [5.41, 5.74) is 0. The van der Waals surface area contributed by atoms with E-state index in [1.54, 1.807) is 0 Å². The van der Waals surface area contributed by atoms with Gasteiger partial charge < -0.3 is 4.90 Å². The molecule has 1 heterocycles. The summed E-state index contributed by atoms with van der Waals surface area (Å²) >= 11 is 0. The van der Waals surface area contributed by atoms with Crippen molar-refractivity contribution in [2.45, 2.75) is 43.9 Å². The third-order valence-corrected chi connectivity index (χ3v) is 5.27. The molecule has 5 heteroatoms. The summed E-state index contributed by atoms with van der Waals surface area (Å²) in [5, 5.41) is 4.95. The van der Waals surface area contributed by atoms with E-state index in [0.29, 0.717) is 12.0 Å². The lowest BCUT2D eigenvalue weighted by atomic mass is 10.0. The van der Waals surface area contributed by atoms with E-state index in [-0.39, 0.29) is 5.25 Å². The van der Waals surface area contributed by atoms with Crippen LogP contribution < -0.4 is 5.14 Å². The van der Waals surface area contributed by atoms with Crippen LogP contribution in [-0.4, -0.2) is 37.7 Å². The number of fused-ring (bicyclic) bond motifs is 2. The first kappa shape index (κ1) is 11.4. The van der Waals surface area contributed by atoms with Crippen molar-refractivity contribution in [3.63, 3.8) is 0 Å². The second-order valence-corrected chi connectivity index (χ2v) is 6.71. The van der Waals surface area contributed by atoms with Gasteiger partial charge in [-0.15, -0.1) is 0 Å². The van der Waals surface area contributed by atoms with Gasteiger partial charge in [-0.2, -0.15) is 0 Å². The molecule has 2 fully saturated rings. The van der Waals surface area contributed by atoms with Gasteiger partial charge in [-0.05, 0) is 38.1 Å². The summed E-state index contributed by atoms with van der Waals surface area (Å²) in [7, 11) is -3.33. The van der Waals surface area contributed by atoms with Crippen LogP contribution in [0.5, 0.6) is 0 Å². The zero-order chi connectivity index (χ0) is 11.1. The van der Waals surface area contributed by atoms with E-state index in [9.17, 15) is 8.42 Å². The van der Waals surface area contributed by atoms with Crippen molar-refractivity contribution in [1.82, 2.24) is 4.90 Å². The molecular formula is C10H20N2O2S. The van der Waals surface area contributed by atoms with Gasteiger partial charge in [-0.25, -0.2) is 13.6 Å². The predicted molar refractivity (Wildman–Crippen MR) is 59.9 cm³/mol. The third-order valence-electron chi connectivity index (χ3n) is 3.92. The van der Waals surface area contributed by atoms with Crippen LogP contribution in [0, 0.1) is 5.92 Å². The van der Waals surface area contributed by atoms with E-state index < -0.39 is 10.0 Å².